The lowest BCUT2D eigenvalue weighted by atomic mass is 9.93. The van der Waals surface area contributed by atoms with Gasteiger partial charge < -0.3 is 11.1 Å². The number of halogens is 2. The van der Waals surface area contributed by atoms with Crippen LogP contribution in [-0.2, 0) is 6.54 Å². The second-order valence-corrected chi connectivity index (χ2v) is 7.71. The van der Waals surface area contributed by atoms with Crippen molar-refractivity contribution in [1.82, 2.24) is 19.7 Å². The average molecular weight is 437 g/mol. The summed E-state index contributed by atoms with van der Waals surface area (Å²) in [5.41, 5.74) is 6.99. The van der Waals surface area contributed by atoms with Crippen LogP contribution in [0, 0.1) is 28.9 Å². The predicted molar refractivity (Wildman–Crippen MR) is 113 cm³/mol. The Morgan fingerprint density at radius 1 is 1.25 bits per heavy atom. The predicted octanol–water partition coefficient (Wildman–Crippen LogP) is 2.99. The Morgan fingerprint density at radius 2 is 2.03 bits per heavy atom. The highest BCUT2D eigenvalue weighted by molar-refractivity contribution is 5.98. The number of pyridine rings is 1. The van der Waals surface area contributed by atoms with Gasteiger partial charge in [-0.2, -0.15) is 10.4 Å². The fourth-order valence-electron chi connectivity index (χ4n) is 3.90. The summed E-state index contributed by atoms with van der Waals surface area (Å²) in [4.78, 5) is 17.9. The number of likely N-dealkylation sites (tertiary alicyclic amines) is 1. The van der Waals surface area contributed by atoms with E-state index in [1.807, 2.05) is 0 Å². The Kier molecular flexibility index (Phi) is 6.09. The molecule has 4 rings (SSSR count). The van der Waals surface area contributed by atoms with E-state index in [1.54, 1.807) is 10.9 Å². The van der Waals surface area contributed by atoms with Gasteiger partial charge >= 0.3 is 0 Å². The van der Waals surface area contributed by atoms with Crippen LogP contribution in [-0.4, -0.2) is 38.7 Å². The summed E-state index contributed by atoms with van der Waals surface area (Å²) < 4.78 is 28.2. The van der Waals surface area contributed by atoms with Crippen LogP contribution in [0.25, 0.3) is 0 Å². The van der Waals surface area contributed by atoms with E-state index >= 15 is 0 Å². The molecule has 1 amide bonds. The Balaban J connectivity index is 1.52. The molecule has 3 aromatic rings. The van der Waals surface area contributed by atoms with E-state index < -0.39 is 17.6 Å². The highest BCUT2D eigenvalue weighted by Crippen LogP contribution is 2.31. The molecule has 32 heavy (non-hydrogen) atoms. The minimum absolute atomic E-state index is 0.180. The molecule has 0 saturated carbocycles. The third-order valence-corrected chi connectivity index (χ3v) is 5.44. The Hall–Kier alpha value is -3.84. The minimum Gasteiger partial charge on any atom is -0.365 e. The van der Waals surface area contributed by atoms with Crippen molar-refractivity contribution >= 4 is 17.4 Å². The number of benzene rings is 1. The lowest BCUT2D eigenvalue weighted by molar-refractivity contribution is 0.100. The van der Waals surface area contributed by atoms with Gasteiger partial charge in [0.1, 0.15) is 17.2 Å². The van der Waals surface area contributed by atoms with Gasteiger partial charge in [0.2, 0.25) is 0 Å². The highest BCUT2D eigenvalue weighted by atomic mass is 19.1. The summed E-state index contributed by atoms with van der Waals surface area (Å²) in [5, 5.41) is 17.2. The fraction of sp³-hybridized carbons (Fsp3) is 0.273. The van der Waals surface area contributed by atoms with Crippen molar-refractivity contribution in [2.24, 2.45) is 11.7 Å². The number of piperidine rings is 1. The van der Waals surface area contributed by atoms with Gasteiger partial charge in [-0.15, -0.1) is 0 Å². The number of nitrogens with one attached hydrogen (secondary N) is 1. The monoisotopic (exact) mass is 437 g/mol. The standard InChI is InChI=1S/C22H21F2N7O/c23-16-1-3-18(4-2-16)28-22-19(21(26)32)13-31(29-22)20-5-6-30(12-15(20)8-25)11-14-7-17(24)10-27-9-14/h1-4,7,9-10,13,15,20H,5-6,11-12H2,(H2,26,32)(H,28,29)/t15-,20+/m0/s1. The molecule has 1 aromatic carbocycles. The molecule has 3 heterocycles. The molecular formula is C22H21F2N7O. The maximum Gasteiger partial charge on any atom is 0.254 e. The fourth-order valence-corrected chi connectivity index (χ4v) is 3.90. The molecule has 0 spiro atoms. The molecule has 1 fully saturated rings. The number of carbonyl (C=O) groups is 1. The second kappa shape index (κ2) is 9.11. The number of rotatable bonds is 6. The topological polar surface area (TPSA) is 113 Å². The SMILES string of the molecule is N#C[C@H]1CN(Cc2cncc(F)c2)CC[C@H]1n1cc(C(N)=O)c(Nc2ccc(F)cc2)n1. The molecule has 2 atom stereocenters. The molecule has 0 unspecified atom stereocenters. The zero-order valence-electron chi connectivity index (χ0n) is 17.1. The molecule has 1 saturated heterocycles. The summed E-state index contributed by atoms with van der Waals surface area (Å²) >= 11 is 0. The number of primary amides is 1. The highest BCUT2D eigenvalue weighted by Gasteiger charge is 2.32. The molecule has 2 aromatic heterocycles. The molecule has 0 aliphatic carbocycles. The first-order valence-corrected chi connectivity index (χ1v) is 10.1. The van der Waals surface area contributed by atoms with Gasteiger partial charge in [-0.1, -0.05) is 0 Å². The number of hydrogen-bond acceptors (Lipinski definition) is 6. The molecule has 3 N–H and O–H groups in total. The van der Waals surface area contributed by atoms with Gasteiger partial charge in [0, 0.05) is 37.7 Å². The summed E-state index contributed by atoms with van der Waals surface area (Å²) in [7, 11) is 0. The third kappa shape index (κ3) is 4.73. The number of hydrogen-bond donors (Lipinski definition) is 2. The number of aromatic nitrogens is 3. The van der Waals surface area contributed by atoms with E-state index in [0.717, 1.165) is 11.8 Å². The summed E-state index contributed by atoms with van der Waals surface area (Å²) in [6.45, 7) is 1.61. The molecule has 10 heteroatoms. The minimum atomic E-state index is -0.662. The first-order chi connectivity index (χ1) is 15.4. The molecule has 1 aliphatic rings. The first-order valence-electron chi connectivity index (χ1n) is 10.1. The zero-order valence-corrected chi connectivity index (χ0v) is 17.1. The van der Waals surface area contributed by atoms with Crippen molar-refractivity contribution in [3.8, 4) is 6.07 Å². The van der Waals surface area contributed by atoms with Gasteiger partial charge in [0.05, 0.1) is 24.2 Å². The number of nitriles is 1. The van der Waals surface area contributed by atoms with E-state index in [-0.39, 0.29) is 23.2 Å². The number of nitrogens with zero attached hydrogens (tertiary/aromatic N) is 5. The van der Waals surface area contributed by atoms with Crippen molar-refractivity contribution in [3.05, 3.63) is 71.7 Å². The number of nitrogens with two attached hydrogens (primary N) is 1. The average Bonchev–Trinajstić information content (AvgIpc) is 3.19. The molecular weight excluding hydrogens is 416 g/mol. The quantitative estimate of drug-likeness (QED) is 0.613. The van der Waals surface area contributed by atoms with Crippen LogP contribution in [0.4, 0.5) is 20.3 Å². The molecule has 8 nitrogen and oxygen atoms in total. The van der Waals surface area contributed by atoms with Crippen LogP contribution in [0.1, 0.15) is 28.4 Å². The normalized spacial score (nSPS) is 18.8. The number of anilines is 2. The molecule has 164 valence electrons. The zero-order chi connectivity index (χ0) is 22.7. The van der Waals surface area contributed by atoms with Crippen LogP contribution in [0.5, 0.6) is 0 Å². The molecule has 0 bridgehead atoms. The number of amides is 1. The van der Waals surface area contributed by atoms with Crippen molar-refractivity contribution in [2.45, 2.75) is 19.0 Å². The summed E-state index contributed by atoms with van der Waals surface area (Å²) in [6.07, 6.45) is 4.90. The lowest BCUT2D eigenvalue weighted by Crippen LogP contribution is -2.40. The molecule has 0 radical (unpaired) electrons. The summed E-state index contributed by atoms with van der Waals surface area (Å²) in [5.74, 6) is -1.59. The van der Waals surface area contributed by atoms with Crippen LogP contribution in [0.3, 0.4) is 0 Å². The Bertz CT molecular complexity index is 1160. The maximum absolute atomic E-state index is 13.4. The smallest absolute Gasteiger partial charge is 0.254 e. The van der Waals surface area contributed by atoms with E-state index in [9.17, 15) is 18.8 Å². The van der Waals surface area contributed by atoms with Gasteiger partial charge in [0.15, 0.2) is 5.82 Å². The molecule has 1 aliphatic heterocycles. The Labute approximate surface area is 183 Å². The van der Waals surface area contributed by atoms with Gasteiger partial charge in [-0.05, 0) is 42.3 Å². The van der Waals surface area contributed by atoms with Crippen molar-refractivity contribution in [3.63, 3.8) is 0 Å². The van der Waals surface area contributed by atoms with E-state index in [4.69, 9.17) is 5.73 Å². The van der Waals surface area contributed by atoms with Crippen molar-refractivity contribution < 1.29 is 13.6 Å². The van der Waals surface area contributed by atoms with Gasteiger partial charge in [-0.25, -0.2) is 8.78 Å². The largest absolute Gasteiger partial charge is 0.365 e. The Morgan fingerprint density at radius 3 is 2.72 bits per heavy atom. The van der Waals surface area contributed by atoms with Crippen molar-refractivity contribution in [1.29, 1.82) is 5.26 Å². The van der Waals surface area contributed by atoms with E-state index in [1.165, 1.54) is 36.5 Å². The van der Waals surface area contributed by atoms with Crippen molar-refractivity contribution in [2.75, 3.05) is 18.4 Å². The third-order valence-electron chi connectivity index (χ3n) is 5.44. The number of carbonyl (C=O) groups excluding carboxylic acids is 1. The lowest BCUT2D eigenvalue weighted by Gasteiger charge is -2.35. The summed E-state index contributed by atoms with van der Waals surface area (Å²) in [6, 6.07) is 9.12. The van der Waals surface area contributed by atoms with Crippen LogP contribution in [0.2, 0.25) is 0 Å². The van der Waals surface area contributed by atoms with Crippen LogP contribution in [0.15, 0.2) is 48.9 Å². The van der Waals surface area contributed by atoms with Gasteiger partial charge in [-0.3, -0.25) is 19.4 Å². The van der Waals surface area contributed by atoms with E-state index in [0.29, 0.717) is 31.7 Å². The van der Waals surface area contributed by atoms with E-state index in [2.05, 4.69) is 26.4 Å². The van der Waals surface area contributed by atoms with Gasteiger partial charge in [0.25, 0.3) is 5.91 Å². The van der Waals surface area contributed by atoms with Crippen LogP contribution < -0.4 is 11.1 Å². The maximum atomic E-state index is 13.4. The van der Waals surface area contributed by atoms with Crippen LogP contribution >= 0.6 is 0 Å². The first kappa shape index (κ1) is 21.4. The second-order valence-electron chi connectivity index (χ2n) is 7.71.